The molecule has 7 heteroatoms. The highest BCUT2D eigenvalue weighted by Gasteiger charge is 2.70. The highest BCUT2D eigenvalue weighted by atomic mass is 32.2. The van der Waals surface area contributed by atoms with Crippen LogP contribution in [0.5, 0.6) is 0 Å². The van der Waals surface area contributed by atoms with E-state index in [1.54, 1.807) is 24.3 Å². The predicted molar refractivity (Wildman–Crippen MR) is 100 cm³/mol. The summed E-state index contributed by atoms with van der Waals surface area (Å²) < 4.78 is 39.3. The van der Waals surface area contributed by atoms with Crippen LogP contribution >= 0.6 is 0 Å². The van der Waals surface area contributed by atoms with Crippen molar-refractivity contribution in [3.05, 3.63) is 30.3 Å². The summed E-state index contributed by atoms with van der Waals surface area (Å²) >= 11 is 0. The SMILES string of the molecule is C[C@H]1[C@@H]2CC[C@@H](C)[C@@H]3CC[C@@]4(C)OO[C@@]23[C@H](O[C@@H]1S(=O)(=O)c1ccccc1)O4. The predicted octanol–water partition coefficient (Wildman–Crippen LogP) is 3.67. The van der Waals surface area contributed by atoms with Crippen LogP contribution in [0.4, 0.5) is 0 Å². The Morgan fingerprint density at radius 2 is 1.75 bits per heavy atom. The third-order valence-corrected chi connectivity index (χ3v) is 9.56. The van der Waals surface area contributed by atoms with Crippen molar-refractivity contribution in [3.63, 3.8) is 0 Å². The molecule has 0 amide bonds. The molecule has 1 aliphatic carbocycles. The zero-order valence-corrected chi connectivity index (χ0v) is 17.4. The van der Waals surface area contributed by atoms with Gasteiger partial charge in [0.25, 0.3) is 0 Å². The molecule has 5 aliphatic rings. The van der Waals surface area contributed by atoms with Crippen molar-refractivity contribution in [2.75, 3.05) is 0 Å². The lowest BCUT2D eigenvalue weighted by molar-refractivity contribution is -0.568. The minimum absolute atomic E-state index is 0.00131. The Balaban J connectivity index is 1.59. The Kier molecular flexibility index (Phi) is 4.24. The van der Waals surface area contributed by atoms with Crippen LogP contribution in [0.2, 0.25) is 0 Å². The van der Waals surface area contributed by atoms with Gasteiger partial charge in [-0.25, -0.2) is 18.2 Å². The van der Waals surface area contributed by atoms with Crippen molar-refractivity contribution in [1.82, 2.24) is 0 Å². The Hall–Kier alpha value is -0.990. The van der Waals surface area contributed by atoms with Gasteiger partial charge in [0.1, 0.15) is 0 Å². The minimum atomic E-state index is -3.66. The number of hydrogen-bond donors (Lipinski definition) is 0. The number of ether oxygens (including phenoxy) is 2. The second-order valence-corrected chi connectivity index (χ2v) is 11.2. The molecule has 4 aliphatic heterocycles. The zero-order valence-electron chi connectivity index (χ0n) is 16.5. The van der Waals surface area contributed by atoms with E-state index in [0.29, 0.717) is 12.3 Å². The van der Waals surface area contributed by atoms with Crippen molar-refractivity contribution in [1.29, 1.82) is 0 Å². The molecular weight excluding hydrogens is 380 g/mol. The maximum Gasteiger partial charge on any atom is 0.205 e. The van der Waals surface area contributed by atoms with E-state index in [4.69, 9.17) is 19.2 Å². The van der Waals surface area contributed by atoms with E-state index in [2.05, 4.69) is 6.92 Å². The summed E-state index contributed by atoms with van der Waals surface area (Å²) in [4.78, 5) is 12.1. The first-order chi connectivity index (χ1) is 13.3. The van der Waals surface area contributed by atoms with Gasteiger partial charge in [0.05, 0.1) is 4.90 Å². The van der Waals surface area contributed by atoms with Gasteiger partial charge in [-0.1, -0.05) is 32.0 Å². The number of rotatable bonds is 2. The van der Waals surface area contributed by atoms with Gasteiger partial charge < -0.3 is 9.47 Å². The number of hydrogen-bond acceptors (Lipinski definition) is 6. The Morgan fingerprint density at radius 3 is 2.50 bits per heavy atom. The first kappa shape index (κ1) is 19.0. The van der Waals surface area contributed by atoms with E-state index >= 15 is 0 Å². The maximum absolute atomic E-state index is 13.4. The fraction of sp³-hybridized carbons (Fsp3) is 0.714. The van der Waals surface area contributed by atoms with Crippen LogP contribution in [-0.4, -0.2) is 31.5 Å². The second-order valence-electron chi connectivity index (χ2n) is 9.13. The molecule has 4 heterocycles. The molecule has 2 bridgehead atoms. The molecule has 1 aromatic rings. The summed E-state index contributed by atoms with van der Waals surface area (Å²) in [5, 5.41) is 0. The number of benzene rings is 1. The van der Waals surface area contributed by atoms with Crippen LogP contribution in [-0.2, 0) is 29.1 Å². The van der Waals surface area contributed by atoms with Crippen molar-refractivity contribution in [3.8, 4) is 0 Å². The second kappa shape index (κ2) is 6.25. The molecule has 0 aromatic heterocycles. The summed E-state index contributed by atoms with van der Waals surface area (Å²) in [5.41, 5.74) is -1.70. The number of sulfone groups is 1. The van der Waals surface area contributed by atoms with Crippen LogP contribution in [0.25, 0.3) is 0 Å². The van der Waals surface area contributed by atoms with Gasteiger partial charge in [-0.15, -0.1) is 0 Å². The summed E-state index contributed by atoms with van der Waals surface area (Å²) in [6.07, 6.45) is 2.82. The zero-order chi connectivity index (χ0) is 19.7. The quantitative estimate of drug-likeness (QED) is 0.696. The molecule has 6 rings (SSSR count). The molecule has 1 aromatic carbocycles. The topological polar surface area (TPSA) is 71.1 Å². The smallest absolute Gasteiger partial charge is 0.205 e. The number of fused-ring (bicyclic) bond motifs is 2. The average molecular weight is 409 g/mol. The Labute approximate surface area is 166 Å². The molecule has 1 spiro atoms. The van der Waals surface area contributed by atoms with E-state index in [9.17, 15) is 8.42 Å². The highest BCUT2D eigenvalue weighted by molar-refractivity contribution is 7.92. The van der Waals surface area contributed by atoms with Gasteiger partial charge >= 0.3 is 0 Å². The molecule has 154 valence electrons. The summed E-state index contributed by atoms with van der Waals surface area (Å²) in [6.45, 7) is 6.06. The molecule has 28 heavy (non-hydrogen) atoms. The van der Waals surface area contributed by atoms with Crippen molar-refractivity contribution in [2.45, 2.75) is 74.5 Å². The molecule has 4 saturated heterocycles. The molecule has 0 radical (unpaired) electrons. The molecule has 8 atom stereocenters. The third kappa shape index (κ3) is 2.50. The van der Waals surface area contributed by atoms with E-state index in [1.807, 2.05) is 19.9 Å². The lowest BCUT2D eigenvalue weighted by atomic mass is 9.58. The molecule has 0 N–H and O–H groups in total. The van der Waals surface area contributed by atoms with Gasteiger partial charge in [-0.05, 0) is 50.2 Å². The molecule has 6 nitrogen and oxygen atoms in total. The first-order valence-corrected chi connectivity index (χ1v) is 11.8. The summed E-state index contributed by atoms with van der Waals surface area (Å²) in [5.74, 6) is -0.461. The fourth-order valence-electron chi connectivity index (χ4n) is 5.97. The van der Waals surface area contributed by atoms with E-state index in [0.717, 1.165) is 19.3 Å². The third-order valence-electron chi connectivity index (χ3n) is 7.47. The highest BCUT2D eigenvalue weighted by Crippen LogP contribution is 2.61. The van der Waals surface area contributed by atoms with E-state index in [-0.39, 0.29) is 22.6 Å². The van der Waals surface area contributed by atoms with Gasteiger partial charge in [-0.2, -0.15) is 0 Å². The molecular formula is C21H28O6S. The molecule has 5 fully saturated rings. The summed E-state index contributed by atoms with van der Waals surface area (Å²) in [7, 11) is -3.66. The summed E-state index contributed by atoms with van der Waals surface area (Å²) in [6, 6.07) is 8.54. The fourth-order valence-corrected chi connectivity index (χ4v) is 7.78. The average Bonchev–Trinajstić information content (AvgIpc) is 2.91. The standard InChI is InChI=1S/C21H28O6S/c1-13-9-10-17-14(2)18(28(22,23)15-7-5-4-6-8-15)24-19-21(17)16(13)11-12-20(3,25-19)26-27-21/h4-8,13-14,16-19H,9-12H2,1-3H3/t13-,14+,16+,17+,18-,19-,20-,21-/m1/s1. The normalized spacial score (nSPS) is 48.0. The van der Waals surface area contributed by atoms with Crippen molar-refractivity contribution >= 4 is 9.84 Å². The lowest BCUT2D eigenvalue weighted by Gasteiger charge is -2.60. The minimum Gasteiger partial charge on any atom is -0.329 e. The van der Waals surface area contributed by atoms with Crippen LogP contribution in [0, 0.1) is 23.7 Å². The molecule has 0 unspecified atom stereocenters. The first-order valence-electron chi connectivity index (χ1n) is 10.3. The van der Waals surface area contributed by atoms with Gasteiger partial charge in [0.2, 0.25) is 15.6 Å². The maximum atomic E-state index is 13.4. The van der Waals surface area contributed by atoms with E-state index < -0.39 is 33.0 Å². The monoisotopic (exact) mass is 408 g/mol. The van der Waals surface area contributed by atoms with Gasteiger partial charge in [-0.3, -0.25) is 0 Å². The molecule has 1 saturated carbocycles. The Morgan fingerprint density at radius 1 is 1.00 bits per heavy atom. The van der Waals surface area contributed by atoms with Crippen LogP contribution < -0.4 is 0 Å². The lowest BCUT2D eigenvalue weighted by Crippen LogP contribution is -2.71. The van der Waals surface area contributed by atoms with Crippen LogP contribution in [0.15, 0.2) is 35.2 Å². The largest absolute Gasteiger partial charge is 0.329 e. The van der Waals surface area contributed by atoms with Gasteiger partial charge in [0, 0.05) is 18.3 Å². The van der Waals surface area contributed by atoms with Crippen molar-refractivity contribution in [2.24, 2.45) is 23.7 Å². The van der Waals surface area contributed by atoms with Crippen molar-refractivity contribution < 1.29 is 27.7 Å². The van der Waals surface area contributed by atoms with Crippen LogP contribution in [0.3, 0.4) is 0 Å². The van der Waals surface area contributed by atoms with E-state index in [1.165, 1.54) is 0 Å². The van der Waals surface area contributed by atoms with Gasteiger partial charge in [0.15, 0.2) is 17.3 Å². The van der Waals surface area contributed by atoms with Crippen LogP contribution in [0.1, 0.15) is 46.5 Å². The Bertz CT molecular complexity index is 857.